The Morgan fingerprint density at radius 2 is 1.81 bits per heavy atom. The molecule has 2 aromatic carbocycles. The maximum atomic E-state index is 12.4. The molecule has 8 heteroatoms. The fourth-order valence-electron chi connectivity index (χ4n) is 2.24. The van der Waals surface area contributed by atoms with Crippen LogP contribution in [0.5, 0.6) is 11.5 Å². The van der Waals surface area contributed by atoms with Gasteiger partial charge in [0.2, 0.25) is 10.0 Å². The van der Waals surface area contributed by atoms with E-state index in [-0.39, 0.29) is 11.4 Å². The molecule has 0 aliphatic heterocycles. The third kappa shape index (κ3) is 5.27. The van der Waals surface area contributed by atoms with Gasteiger partial charge in [-0.15, -0.1) is 0 Å². The second-order valence-corrected chi connectivity index (χ2v) is 7.75. The fraction of sp³-hybridized carbons (Fsp3) is 0.333. The number of halogens is 1. The zero-order valence-corrected chi connectivity index (χ0v) is 16.4. The first-order chi connectivity index (χ1) is 12.4. The quantitative estimate of drug-likeness (QED) is 0.630. The summed E-state index contributed by atoms with van der Waals surface area (Å²) in [6, 6.07) is 9.39. The average molecular weight is 399 g/mol. The van der Waals surface area contributed by atoms with Crippen molar-refractivity contribution in [2.24, 2.45) is 0 Å². The van der Waals surface area contributed by atoms with Gasteiger partial charge in [-0.2, -0.15) is 0 Å². The van der Waals surface area contributed by atoms with E-state index < -0.39 is 10.0 Å². The number of nitrogen functional groups attached to an aromatic ring is 1. The molecule has 142 valence electrons. The first-order valence-electron chi connectivity index (χ1n) is 8.30. The zero-order chi connectivity index (χ0) is 19.2. The summed E-state index contributed by atoms with van der Waals surface area (Å²) in [5.74, 6) is 0.968. The van der Waals surface area contributed by atoms with Crippen LogP contribution in [-0.2, 0) is 16.6 Å². The van der Waals surface area contributed by atoms with E-state index >= 15 is 0 Å². The van der Waals surface area contributed by atoms with Crippen molar-refractivity contribution in [1.82, 2.24) is 4.72 Å². The van der Waals surface area contributed by atoms with Gasteiger partial charge in [0.05, 0.1) is 23.1 Å². The van der Waals surface area contributed by atoms with E-state index in [4.69, 9.17) is 26.8 Å². The van der Waals surface area contributed by atoms with E-state index in [1.54, 1.807) is 24.3 Å². The summed E-state index contributed by atoms with van der Waals surface area (Å²) < 4.78 is 38.5. The lowest BCUT2D eigenvalue weighted by Gasteiger charge is -2.15. The van der Waals surface area contributed by atoms with Crippen molar-refractivity contribution >= 4 is 27.3 Å². The van der Waals surface area contributed by atoms with Gasteiger partial charge in [0.15, 0.2) is 11.5 Å². The Balaban J connectivity index is 2.19. The SMILES string of the molecule is CCCOc1c(Cl)cc(CNS(=O)(=O)c2ccc(N)cc2)cc1OCC. The summed E-state index contributed by atoms with van der Waals surface area (Å²) in [5.41, 5.74) is 6.76. The van der Waals surface area contributed by atoms with Crippen molar-refractivity contribution in [3.63, 3.8) is 0 Å². The molecular formula is C18H23ClN2O4S. The van der Waals surface area contributed by atoms with E-state index in [0.717, 1.165) is 6.42 Å². The smallest absolute Gasteiger partial charge is 0.240 e. The second-order valence-electron chi connectivity index (χ2n) is 5.58. The fourth-order valence-corrected chi connectivity index (χ4v) is 3.54. The van der Waals surface area contributed by atoms with Gasteiger partial charge in [0.1, 0.15) is 0 Å². The summed E-state index contributed by atoms with van der Waals surface area (Å²) in [6.07, 6.45) is 0.838. The van der Waals surface area contributed by atoms with Crippen molar-refractivity contribution in [1.29, 1.82) is 0 Å². The van der Waals surface area contributed by atoms with E-state index in [1.165, 1.54) is 12.1 Å². The summed E-state index contributed by atoms with van der Waals surface area (Å²) in [5, 5.41) is 0.381. The first-order valence-corrected chi connectivity index (χ1v) is 10.2. The number of anilines is 1. The molecule has 26 heavy (non-hydrogen) atoms. The van der Waals surface area contributed by atoms with Crippen LogP contribution in [0.15, 0.2) is 41.3 Å². The number of hydrogen-bond acceptors (Lipinski definition) is 5. The van der Waals surface area contributed by atoms with Crippen molar-refractivity contribution in [3.05, 3.63) is 47.0 Å². The zero-order valence-electron chi connectivity index (χ0n) is 14.8. The Labute approximate surface area is 159 Å². The van der Waals surface area contributed by atoms with E-state index in [9.17, 15) is 8.42 Å². The van der Waals surface area contributed by atoms with Gasteiger partial charge < -0.3 is 15.2 Å². The van der Waals surface area contributed by atoms with Crippen LogP contribution in [0.2, 0.25) is 5.02 Å². The van der Waals surface area contributed by atoms with Gasteiger partial charge in [-0.05, 0) is 55.3 Å². The Kier molecular flexibility index (Phi) is 7.14. The lowest BCUT2D eigenvalue weighted by molar-refractivity contribution is 0.277. The Morgan fingerprint density at radius 3 is 2.42 bits per heavy atom. The monoisotopic (exact) mass is 398 g/mol. The molecule has 2 rings (SSSR count). The molecule has 0 atom stereocenters. The Bertz CT molecular complexity index is 839. The lowest BCUT2D eigenvalue weighted by Crippen LogP contribution is -2.23. The van der Waals surface area contributed by atoms with Gasteiger partial charge >= 0.3 is 0 Å². The van der Waals surface area contributed by atoms with Crippen LogP contribution in [-0.4, -0.2) is 21.6 Å². The van der Waals surface area contributed by atoms with Gasteiger partial charge in [-0.1, -0.05) is 18.5 Å². The van der Waals surface area contributed by atoms with Crippen LogP contribution >= 0.6 is 11.6 Å². The first kappa shape index (κ1) is 20.4. The predicted octanol–water partition coefficient (Wildman–Crippen LogP) is 3.59. The van der Waals surface area contributed by atoms with Crippen LogP contribution < -0.4 is 19.9 Å². The largest absolute Gasteiger partial charge is 0.490 e. The Hall–Kier alpha value is -1.96. The molecule has 0 fully saturated rings. The molecule has 0 spiro atoms. The number of sulfonamides is 1. The molecule has 6 nitrogen and oxygen atoms in total. The van der Waals surface area contributed by atoms with Crippen LogP contribution in [0, 0.1) is 0 Å². The van der Waals surface area contributed by atoms with Gasteiger partial charge in [-0.3, -0.25) is 0 Å². The molecular weight excluding hydrogens is 376 g/mol. The van der Waals surface area contributed by atoms with E-state index in [2.05, 4.69) is 4.72 Å². The highest BCUT2D eigenvalue weighted by Gasteiger charge is 2.16. The number of hydrogen-bond donors (Lipinski definition) is 2. The van der Waals surface area contributed by atoms with Crippen molar-refractivity contribution in [2.75, 3.05) is 18.9 Å². The average Bonchev–Trinajstić information content (AvgIpc) is 2.60. The minimum atomic E-state index is -3.66. The minimum Gasteiger partial charge on any atom is -0.490 e. The normalized spacial score (nSPS) is 11.3. The molecule has 0 saturated carbocycles. The number of benzene rings is 2. The molecule has 2 aromatic rings. The van der Waals surface area contributed by atoms with Crippen molar-refractivity contribution in [2.45, 2.75) is 31.7 Å². The van der Waals surface area contributed by atoms with Crippen LogP contribution in [0.4, 0.5) is 5.69 Å². The van der Waals surface area contributed by atoms with Crippen LogP contribution in [0.1, 0.15) is 25.8 Å². The molecule has 0 aliphatic carbocycles. The molecule has 0 aliphatic rings. The van der Waals surface area contributed by atoms with Gasteiger partial charge in [0.25, 0.3) is 0 Å². The summed E-state index contributed by atoms with van der Waals surface area (Å²) in [6.45, 7) is 4.88. The summed E-state index contributed by atoms with van der Waals surface area (Å²) in [4.78, 5) is 0.144. The van der Waals surface area contributed by atoms with Crippen LogP contribution in [0.25, 0.3) is 0 Å². The molecule has 0 saturated heterocycles. The minimum absolute atomic E-state index is 0.0700. The maximum absolute atomic E-state index is 12.4. The molecule has 3 N–H and O–H groups in total. The highest BCUT2D eigenvalue weighted by molar-refractivity contribution is 7.89. The van der Waals surface area contributed by atoms with Crippen molar-refractivity contribution in [3.8, 4) is 11.5 Å². The molecule has 0 radical (unpaired) electrons. The standard InChI is InChI=1S/C18H23ClN2O4S/c1-3-9-25-18-16(19)10-13(11-17(18)24-4-2)12-21-26(22,23)15-7-5-14(20)6-8-15/h5-8,10-11,21H,3-4,9,12,20H2,1-2H3. The molecule has 0 amide bonds. The molecule has 0 aromatic heterocycles. The van der Waals surface area contributed by atoms with Crippen molar-refractivity contribution < 1.29 is 17.9 Å². The summed E-state index contributed by atoms with van der Waals surface area (Å²) >= 11 is 6.29. The van der Waals surface area contributed by atoms with Crippen LogP contribution in [0.3, 0.4) is 0 Å². The lowest BCUT2D eigenvalue weighted by atomic mass is 10.2. The molecule has 0 bridgehead atoms. The van der Waals surface area contributed by atoms with Gasteiger partial charge in [-0.25, -0.2) is 13.1 Å². The topological polar surface area (TPSA) is 90.7 Å². The maximum Gasteiger partial charge on any atom is 0.240 e. The third-order valence-electron chi connectivity index (χ3n) is 3.48. The number of ether oxygens (including phenoxy) is 2. The second kappa shape index (κ2) is 9.12. The number of rotatable bonds is 9. The van der Waals surface area contributed by atoms with E-state index in [0.29, 0.717) is 41.0 Å². The number of nitrogens with one attached hydrogen (secondary N) is 1. The highest BCUT2D eigenvalue weighted by atomic mass is 35.5. The summed E-state index contributed by atoms with van der Waals surface area (Å²) in [7, 11) is -3.66. The number of nitrogens with two attached hydrogens (primary N) is 1. The van der Waals surface area contributed by atoms with Gasteiger partial charge in [0, 0.05) is 12.2 Å². The molecule has 0 unspecified atom stereocenters. The Morgan fingerprint density at radius 1 is 1.12 bits per heavy atom. The highest BCUT2D eigenvalue weighted by Crippen LogP contribution is 2.37. The predicted molar refractivity (Wildman–Crippen MR) is 103 cm³/mol. The third-order valence-corrected chi connectivity index (χ3v) is 5.17. The molecule has 0 heterocycles. The van der Waals surface area contributed by atoms with E-state index in [1.807, 2.05) is 13.8 Å².